The van der Waals surface area contributed by atoms with Crippen LogP contribution in [0.3, 0.4) is 0 Å². The van der Waals surface area contributed by atoms with E-state index >= 15 is 0 Å². The summed E-state index contributed by atoms with van der Waals surface area (Å²) in [5, 5.41) is 18.0. The highest BCUT2D eigenvalue weighted by molar-refractivity contribution is 7.13. The molecule has 1 heterocycles. The lowest BCUT2D eigenvalue weighted by atomic mass is 10.0. The zero-order valence-corrected chi connectivity index (χ0v) is 15.0. The van der Waals surface area contributed by atoms with Gasteiger partial charge in [-0.25, -0.2) is 4.98 Å². The van der Waals surface area contributed by atoms with Gasteiger partial charge in [0.25, 0.3) is 0 Å². The summed E-state index contributed by atoms with van der Waals surface area (Å²) in [5.74, 6) is 0.115. The summed E-state index contributed by atoms with van der Waals surface area (Å²) in [5.41, 5.74) is 6.01. The van der Waals surface area contributed by atoms with Crippen LogP contribution in [0.25, 0.3) is 11.1 Å². The Labute approximate surface area is 153 Å². The zero-order valence-electron chi connectivity index (χ0n) is 12.6. The first kappa shape index (κ1) is 16.8. The molecule has 2 aromatic carbocycles. The van der Waals surface area contributed by atoms with Crippen LogP contribution in [0, 0.1) is 6.92 Å². The molecule has 1 aromatic heterocycles. The Bertz CT molecular complexity index is 888. The number of phenols is 1. The van der Waals surface area contributed by atoms with Gasteiger partial charge in [0.05, 0.1) is 11.9 Å². The largest absolute Gasteiger partial charge is 0.507 e. The predicted molar refractivity (Wildman–Crippen MR) is 102 cm³/mol. The van der Waals surface area contributed by atoms with Gasteiger partial charge in [0.1, 0.15) is 5.75 Å². The molecule has 0 aliphatic heterocycles. The van der Waals surface area contributed by atoms with Gasteiger partial charge in [0, 0.05) is 21.0 Å². The number of hydrogen-bond donors (Lipinski definition) is 2. The van der Waals surface area contributed by atoms with Crippen molar-refractivity contribution >= 4 is 45.9 Å². The first-order chi connectivity index (χ1) is 11.5. The molecule has 0 unspecified atom stereocenters. The molecule has 0 fully saturated rings. The van der Waals surface area contributed by atoms with Gasteiger partial charge in [-0.1, -0.05) is 29.3 Å². The molecule has 0 aliphatic carbocycles. The van der Waals surface area contributed by atoms with Crippen molar-refractivity contribution in [2.45, 2.75) is 6.92 Å². The van der Waals surface area contributed by atoms with Gasteiger partial charge in [-0.3, -0.25) is 5.43 Å². The lowest BCUT2D eigenvalue weighted by Crippen LogP contribution is -1.91. The van der Waals surface area contributed by atoms with E-state index in [1.807, 2.05) is 18.4 Å². The van der Waals surface area contributed by atoms with Crippen LogP contribution in [-0.4, -0.2) is 16.3 Å². The van der Waals surface area contributed by atoms with Gasteiger partial charge in [0.15, 0.2) is 0 Å². The molecule has 0 spiro atoms. The van der Waals surface area contributed by atoms with Crippen molar-refractivity contribution < 1.29 is 5.11 Å². The minimum Gasteiger partial charge on any atom is -0.507 e. The Kier molecular flexibility index (Phi) is 5.04. The minimum absolute atomic E-state index is 0.115. The van der Waals surface area contributed by atoms with E-state index in [9.17, 15) is 5.11 Å². The molecule has 0 atom stereocenters. The van der Waals surface area contributed by atoms with E-state index in [4.69, 9.17) is 23.2 Å². The smallest absolute Gasteiger partial charge is 0.203 e. The second-order valence-corrected chi connectivity index (χ2v) is 6.83. The number of aryl methyl sites for hydroxylation is 1. The number of hydrogen-bond acceptors (Lipinski definition) is 5. The number of nitrogens with zero attached hydrogens (tertiary/aromatic N) is 2. The molecule has 0 saturated heterocycles. The van der Waals surface area contributed by atoms with E-state index in [0.717, 1.165) is 16.8 Å². The first-order valence-electron chi connectivity index (χ1n) is 7.02. The molecule has 0 saturated carbocycles. The van der Waals surface area contributed by atoms with E-state index < -0.39 is 0 Å². The quantitative estimate of drug-likeness (QED) is 0.461. The van der Waals surface area contributed by atoms with Crippen LogP contribution in [0.15, 0.2) is 46.9 Å². The van der Waals surface area contributed by atoms with Crippen molar-refractivity contribution in [3.8, 4) is 16.9 Å². The van der Waals surface area contributed by atoms with Gasteiger partial charge in [-0.05, 0) is 48.4 Å². The molecule has 24 heavy (non-hydrogen) atoms. The van der Waals surface area contributed by atoms with Gasteiger partial charge in [-0.2, -0.15) is 5.10 Å². The first-order valence-corrected chi connectivity index (χ1v) is 8.65. The monoisotopic (exact) mass is 377 g/mol. The van der Waals surface area contributed by atoms with Crippen LogP contribution < -0.4 is 5.43 Å². The van der Waals surface area contributed by atoms with E-state index in [-0.39, 0.29) is 5.75 Å². The lowest BCUT2D eigenvalue weighted by molar-refractivity contribution is 0.474. The maximum atomic E-state index is 10.2. The van der Waals surface area contributed by atoms with Crippen molar-refractivity contribution in [1.82, 2.24) is 4.98 Å². The fourth-order valence-electron chi connectivity index (χ4n) is 2.12. The molecule has 122 valence electrons. The predicted octanol–water partition coefficient (Wildman–Crippen LogP) is 5.58. The SMILES string of the molecule is Cc1csc(NN=Cc2ccc(-c3cc(Cl)cc(Cl)c3)cc2O)n1. The standard InChI is InChI=1S/C17H13Cl2N3OS/c1-10-9-24-17(21-10)22-20-8-12-3-2-11(6-16(12)23)13-4-14(18)7-15(19)5-13/h2-9,23H,1H3,(H,21,22). The third-order valence-corrected chi connectivity index (χ3v) is 4.51. The van der Waals surface area contributed by atoms with E-state index in [1.165, 1.54) is 11.3 Å². The molecule has 3 rings (SSSR count). The Morgan fingerprint density at radius 1 is 1.12 bits per heavy atom. The molecule has 0 aliphatic rings. The van der Waals surface area contributed by atoms with Crippen molar-refractivity contribution in [3.63, 3.8) is 0 Å². The summed E-state index contributed by atoms with van der Waals surface area (Å²) in [6, 6.07) is 10.6. The molecular formula is C17H13Cl2N3OS. The van der Waals surface area contributed by atoms with Crippen molar-refractivity contribution in [3.05, 3.63) is 63.1 Å². The van der Waals surface area contributed by atoms with Crippen LogP contribution >= 0.6 is 34.5 Å². The van der Waals surface area contributed by atoms with Crippen LogP contribution in [0.1, 0.15) is 11.3 Å². The number of halogens is 2. The average molecular weight is 378 g/mol. The third-order valence-electron chi connectivity index (χ3n) is 3.21. The zero-order chi connectivity index (χ0) is 17.1. The summed E-state index contributed by atoms with van der Waals surface area (Å²) in [6.45, 7) is 1.91. The molecule has 0 amide bonds. The van der Waals surface area contributed by atoms with Gasteiger partial charge in [-0.15, -0.1) is 11.3 Å². The van der Waals surface area contributed by atoms with Crippen molar-refractivity contribution in [2.75, 3.05) is 5.43 Å². The van der Waals surface area contributed by atoms with Crippen LogP contribution in [-0.2, 0) is 0 Å². The molecule has 3 aromatic rings. The number of aromatic hydroxyl groups is 1. The Morgan fingerprint density at radius 2 is 1.88 bits per heavy atom. The van der Waals surface area contributed by atoms with Crippen LogP contribution in [0.4, 0.5) is 5.13 Å². The number of hydrazone groups is 1. The summed E-state index contributed by atoms with van der Waals surface area (Å²) in [6.07, 6.45) is 1.54. The molecule has 4 nitrogen and oxygen atoms in total. The lowest BCUT2D eigenvalue weighted by Gasteiger charge is -2.06. The van der Waals surface area contributed by atoms with Gasteiger partial charge < -0.3 is 5.11 Å². The number of thiazole rings is 1. The highest BCUT2D eigenvalue weighted by atomic mass is 35.5. The number of phenolic OH excluding ortho intramolecular Hbond substituents is 1. The number of benzene rings is 2. The summed E-state index contributed by atoms with van der Waals surface area (Å²) < 4.78 is 0. The third kappa shape index (κ3) is 4.06. The number of nitrogens with one attached hydrogen (secondary N) is 1. The number of aromatic nitrogens is 1. The normalized spacial score (nSPS) is 11.1. The fraction of sp³-hybridized carbons (Fsp3) is 0.0588. The highest BCUT2D eigenvalue weighted by Crippen LogP contribution is 2.30. The Morgan fingerprint density at radius 3 is 2.50 bits per heavy atom. The molecule has 0 bridgehead atoms. The van der Waals surface area contributed by atoms with Crippen LogP contribution in [0.5, 0.6) is 5.75 Å². The minimum atomic E-state index is 0.115. The summed E-state index contributed by atoms with van der Waals surface area (Å²) >= 11 is 13.5. The Hall–Kier alpha value is -2.08. The molecule has 7 heteroatoms. The summed E-state index contributed by atoms with van der Waals surface area (Å²) in [7, 11) is 0. The van der Waals surface area contributed by atoms with E-state index in [0.29, 0.717) is 20.7 Å². The van der Waals surface area contributed by atoms with Crippen molar-refractivity contribution in [1.29, 1.82) is 0 Å². The van der Waals surface area contributed by atoms with Crippen LogP contribution in [0.2, 0.25) is 10.0 Å². The molecule has 2 N–H and O–H groups in total. The number of anilines is 1. The fourth-order valence-corrected chi connectivity index (χ4v) is 3.28. The topological polar surface area (TPSA) is 57.5 Å². The van der Waals surface area contributed by atoms with E-state index in [2.05, 4.69) is 15.5 Å². The average Bonchev–Trinajstić information content (AvgIpc) is 2.93. The second-order valence-electron chi connectivity index (χ2n) is 5.10. The van der Waals surface area contributed by atoms with E-state index in [1.54, 1.807) is 36.5 Å². The van der Waals surface area contributed by atoms with Gasteiger partial charge >= 0.3 is 0 Å². The number of rotatable bonds is 4. The second kappa shape index (κ2) is 7.21. The van der Waals surface area contributed by atoms with Crippen molar-refractivity contribution in [2.24, 2.45) is 5.10 Å². The summed E-state index contributed by atoms with van der Waals surface area (Å²) in [4.78, 5) is 4.24. The highest BCUT2D eigenvalue weighted by Gasteiger charge is 2.05. The molecule has 0 radical (unpaired) electrons. The maximum Gasteiger partial charge on any atom is 0.203 e. The maximum absolute atomic E-state index is 10.2. The Balaban J connectivity index is 1.79. The molecular weight excluding hydrogens is 365 g/mol. The van der Waals surface area contributed by atoms with Gasteiger partial charge in [0.2, 0.25) is 5.13 Å².